The van der Waals surface area contributed by atoms with Crippen LogP contribution < -0.4 is 10.6 Å². The first-order valence-corrected chi connectivity index (χ1v) is 8.07. The number of carbonyl (C=O) groups excluding carboxylic acids is 1. The summed E-state index contributed by atoms with van der Waals surface area (Å²) in [5.41, 5.74) is 2.73. The van der Waals surface area contributed by atoms with Crippen LogP contribution in [0, 0.1) is 5.82 Å². The number of carbonyl (C=O) groups is 1. The van der Waals surface area contributed by atoms with Crippen molar-refractivity contribution in [3.05, 3.63) is 47.0 Å². The molecule has 0 saturated heterocycles. The Morgan fingerprint density at radius 2 is 2.13 bits per heavy atom. The summed E-state index contributed by atoms with van der Waals surface area (Å²) in [4.78, 5) is 12.4. The van der Waals surface area contributed by atoms with E-state index < -0.39 is 0 Å². The van der Waals surface area contributed by atoms with E-state index in [9.17, 15) is 9.18 Å². The van der Waals surface area contributed by atoms with Gasteiger partial charge in [-0.1, -0.05) is 19.1 Å². The molecule has 23 heavy (non-hydrogen) atoms. The Balaban J connectivity index is 1.87. The maximum atomic E-state index is 14.1. The maximum Gasteiger partial charge on any atom is 0.272 e. The Labute approximate surface area is 134 Å². The number of hydrogen-bond acceptors (Lipinski definition) is 3. The number of benzene rings is 1. The summed E-state index contributed by atoms with van der Waals surface area (Å²) in [6, 6.07) is 6.52. The lowest BCUT2D eigenvalue weighted by Crippen LogP contribution is -2.32. The van der Waals surface area contributed by atoms with Gasteiger partial charge in [0.1, 0.15) is 11.5 Å². The third kappa shape index (κ3) is 3.12. The zero-order chi connectivity index (χ0) is 16.2. The van der Waals surface area contributed by atoms with Crippen LogP contribution >= 0.6 is 0 Å². The molecule has 0 saturated carbocycles. The minimum Gasteiger partial charge on any atom is -0.349 e. The second-order valence-corrected chi connectivity index (χ2v) is 5.60. The second kappa shape index (κ2) is 6.91. The van der Waals surface area contributed by atoms with E-state index in [1.165, 1.54) is 6.07 Å². The lowest BCUT2D eigenvalue weighted by Gasteiger charge is -2.06. The summed E-state index contributed by atoms with van der Waals surface area (Å²) in [5.74, 6) is -0.514. The molecular formula is C17H21FN4O. The smallest absolute Gasteiger partial charge is 0.272 e. The standard InChI is InChI=1S/C17H21FN4O/c1-2-19-10-11-20-17(23)16-12-6-5-9-14(12)22(21-16)15-8-4-3-7-13(15)18/h3-4,7-8,19H,2,5-6,9-11H2,1H3,(H,20,23). The number of halogens is 1. The molecule has 1 aromatic heterocycles. The van der Waals surface area contributed by atoms with Crippen molar-refractivity contribution >= 4 is 5.91 Å². The molecule has 1 aliphatic carbocycles. The first-order chi connectivity index (χ1) is 11.2. The highest BCUT2D eigenvalue weighted by atomic mass is 19.1. The first-order valence-electron chi connectivity index (χ1n) is 8.07. The van der Waals surface area contributed by atoms with Gasteiger partial charge in [-0.05, 0) is 37.9 Å². The average molecular weight is 316 g/mol. The Bertz CT molecular complexity index is 711. The van der Waals surface area contributed by atoms with Crippen molar-refractivity contribution in [3.8, 4) is 5.69 Å². The summed E-state index contributed by atoms with van der Waals surface area (Å²) < 4.78 is 15.7. The Hall–Kier alpha value is -2.21. The maximum absolute atomic E-state index is 14.1. The van der Waals surface area contributed by atoms with Gasteiger partial charge in [-0.15, -0.1) is 0 Å². The number of nitrogens with zero attached hydrogens (tertiary/aromatic N) is 2. The fourth-order valence-electron chi connectivity index (χ4n) is 2.97. The van der Waals surface area contributed by atoms with Crippen molar-refractivity contribution in [1.82, 2.24) is 20.4 Å². The van der Waals surface area contributed by atoms with Crippen molar-refractivity contribution in [3.63, 3.8) is 0 Å². The predicted octanol–water partition coefficient (Wildman–Crippen LogP) is 1.84. The SMILES string of the molecule is CCNCCNC(=O)c1nn(-c2ccccc2F)c2c1CCC2. The van der Waals surface area contributed by atoms with Gasteiger partial charge in [-0.3, -0.25) is 4.79 Å². The zero-order valence-corrected chi connectivity index (χ0v) is 13.2. The number of aromatic nitrogens is 2. The number of likely N-dealkylation sites (N-methyl/N-ethyl adjacent to an activating group) is 1. The monoisotopic (exact) mass is 316 g/mol. The summed E-state index contributed by atoms with van der Waals surface area (Å²) in [5, 5.41) is 10.4. The van der Waals surface area contributed by atoms with Crippen LogP contribution in [0.25, 0.3) is 5.69 Å². The number of fused-ring (bicyclic) bond motifs is 1. The fraction of sp³-hybridized carbons (Fsp3) is 0.412. The van der Waals surface area contributed by atoms with Gasteiger partial charge in [0.2, 0.25) is 0 Å². The second-order valence-electron chi connectivity index (χ2n) is 5.60. The van der Waals surface area contributed by atoms with Crippen LogP contribution in [0.4, 0.5) is 4.39 Å². The third-order valence-electron chi connectivity index (χ3n) is 4.06. The molecule has 0 aliphatic heterocycles. The van der Waals surface area contributed by atoms with E-state index in [2.05, 4.69) is 15.7 Å². The predicted molar refractivity (Wildman–Crippen MR) is 86.4 cm³/mol. The van der Waals surface area contributed by atoms with Crippen LogP contribution in [0.2, 0.25) is 0 Å². The molecule has 0 spiro atoms. The van der Waals surface area contributed by atoms with Gasteiger partial charge in [0, 0.05) is 24.3 Å². The van der Waals surface area contributed by atoms with E-state index in [4.69, 9.17) is 0 Å². The van der Waals surface area contributed by atoms with Gasteiger partial charge in [0.15, 0.2) is 5.69 Å². The van der Waals surface area contributed by atoms with Crippen LogP contribution in [-0.2, 0) is 12.8 Å². The minimum absolute atomic E-state index is 0.184. The lowest BCUT2D eigenvalue weighted by molar-refractivity contribution is 0.0947. The van der Waals surface area contributed by atoms with E-state index in [0.717, 1.165) is 43.6 Å². The summed E-state index contributed by atoms with van der Waals surface area (Å²) in [6.45, 7) is 4.16. The molecule has 0 atom stereocenters. The van der Waals surface area contributed by atoms with Gasteiger partial charge in [0.25, 0.3) is 5.91 Å². The molecule has 1 heterocycles. The molecule has 2 N–H and O–H groups in total. The van der Waals surface area contributed by atoms with Gasteiger partial charge in [-0.25, -0.2) is 9.07 Å². The molecule has 6 heteroatoms. The van der Waals surface area contributed by atoms with Gasteiger partial charge in [0.05, 0.1) is 0 Å². The van der Waals surface area contributed by atoms with Crippen LogP contribution in [0.1, 0.15) is 35.1 Å². The van der Waals surface area contributed by atoms with E-state index in [1.807, 2.05) is 6.92 Å². The van der Waals surface area contributed by atoms with Crippen LogP contribution in [0.15, 0.2) is 24.3 Å². The first kappa shape index (κ1) is 15.7. The van der Waals surface area contributed by atoms with Crippen molar-refractivity contribution in [2.45, 2.75) is 26.2 Å². The molecule has 1 amide bonds. The van der Waals surface area contributed by atoms with Gasteiger partial charge >= 0.3 is 0 Å². The molecule has 1 aliphatic rings. The quantitative estimate of drug-likeness (QED) is 0.800. The minimum atomic E-state index is -0.330. The summed E-state index contributed by atoms with van der Waals surface area (Å²) in [6.07, 6.45) is 2.61. The summed E-state index contributed by atoms with van der Waals surface area (Å²) in [7, 11) is 0. The number of nitrogens with one attached hydrogen (secondary N) is 2. The van der Waals surface area contributed by atoms with Crippen molar-refractivity contribution in [2.24, 2.45) is 0 Å². The molecule has 5 nitrogen and oxygen atoms in total. The van der Waals surface area contributed by atoms with Crippen molar-refractivity contribution in [1.29, 1.82) is 0 Å². The molecule has 122 valence electrons. The molecule has 3 rings (SSSR count). The van der Waals surface area contributed by atoms with E-state index in [1.54, 1.807) is 22.9 Å². The molecule has 0 unspecified atom stereocenters. The van der Waals surface area contributed by atoms with E-state index in [0.29, 0.717) is 17.9 Å². The van der Waals surface area contributed by atoms with Crippen LogP contribution in [-0.4, -0.2) is 35.3 Å². The highest BCUT2D eigenvalue weighted by Crippen LogP contribution is 2.28. The summed E-state index contributed by atoms with van der Waals surface area (Å²) >= 11 is 0. The molecule has 0 fully saturated rings. The van der Waals surface area contributed by atoms with Crippen molar-refractivity contribution < 1.29 is 9.18 Å². The topological polar surface area (TPSA) is 58.9 Å². The van der Waals surface area contributed by atoms with E-state index >= 15 is 0 Å². The number of amides is 1. The van der Waals surface area contributed by atoms with Gasteiger partial charge < -0.3 is 10.6 Å². The normalized spacial score (nSPS) is 13.1. The Kier molecular flexibility index (Phi) is 4.71. The molecule has 2 aromatic rings. The molecule has 0 radical (unpaired) electrons. The number of para-hydroxylation sites is 1. The molecular weight excluding hydrogens is 295 g/mol. The average Bonchev–Trinajstić information content (AvgIpc) is 3.14. The zero-order valence-electron chi connectivity index (χ0n) is 13.2. The van der Waals surface area contributed by atoms with Crippen molar-refractivity contribution in [2.75, 3.05) is 19.6 Å². The third-order valence-corrected chi connectivity index (χ3v) is 4.06. The number of rotatable bonds is 6. The van der Waals surface area contributed by atoms with Crippen LogP contribution in [0.3, 0.4) is 0 Å². The lowest BCUT2D eigenvalue weighted by atomic mass is 10.2. The Morgan fingerprint density at radius 1 is 1.30 bits per heavy atom. The molecule has 0 bridgehead atoms. The molecule has 1 aromatic carbocycles. The Morgan fingerprint density at radius 3 is 2.91 bits per heavy atom. The number of hydrogen-bond donors (Lipinski definition) is 2. The fourth-order valence-corrected chi connectivity index (χ4v) is 2.97. The highest BCUT2D eigenvalue weighted by Gasteiger charge is 2.27. The highest BCUT2D eigenvalue weighted by molar-refractivity contribution is 5.94. The largest absolute Gasteiger partial charge is 0.349 e. The van der Waals surface area contributed by atoms with E-state index in [-0.39, 0.29) is 11.7 Å². The van der Waals surface area contributed by atoms with Gasteiger partial charge in [-0.2, -0.15) is 5.10 Å². The van der Waals surface area contributed by atoms with Crippen LogP contribution in [0.5, 0.6) is 0 Å².